The summed E-state index contributed by atoms with van der Waals surface area (Å²) >= 11 is 0. The summed E-state index contributed by atoms with van der Waals surface area (Å²) in [5.41, 5.74) is 0. The molecule has 0 aromatic rings. The maximum Gasteiger partial charge on any atom is 0.282 e. The first kappa shape index (κ1) is 10.3. The number of aliphatic hydroxyl groups excluding tert-OH is 1. The molecule has 2 heterocycles. The molecule has 0 aromatic carbocycles. The monoisotopic (exact) mass is 221 g/mol. The smallest absolute Gasteiger partial charge is 0.282 e. The zero-order chi connectivity index (χ0) is 10.2. The molecule has 82 valence electrons. The molecular weight excluding hydrogens is 206 g/mol. The van der Waals surface area contributed by atoms with Crippen LogP contribution in [0.25, 0.3) is 0 Å². The van der Waals surface area contributed by atoms with Crippen molar-refractivity contribution in [2.24, 2.45) is 0 Å². The van der Waals surface area contributed by atoms with Gasteiger partial charge in [-0.05, 0) is 0 Å². The molecule has 6 nitrogen and oxygen atoms in total. The molecule has 2 aliphatic heterocycles. The van der Waals surface area contributed by atoms with Crippen molar-refractivity contribution in [3.63, 3.8) is 0 Å². The summed E-state index contributed by atoms with van der Waals surface area (Å²) in [6.45, 7) is 2.94. The number of aliphatic hydroxyl groups is 1. The molecule has 14 heavy (non-hydrogen) atoms. The van der Waals surface area contributed by atoms with E-state index in [2.05, 4.69) is 5.32 Å². The second-order valence-electron chi connectivity index (χ2n) is 3.63. The fourth-order valence-electron chi connectivity index (χ4n) is 1.64. The third-order valence-electron chi connectivity index (χ3n) is 2.56. The topological polar surface area (TPSA) is 72.9 Å². The van der Waals surface area contributed by atoms with Gasteiger partial charge in [0.2, 0.25) is 0 Å². The number of rotatable bonds is 2. The minimum absolute atomic E-state index is 0.242. The van der Waals surface area contributed by atoms with E-state index in [1.54, 1.807) is 0 Å². The van der Waals surface area contributed by atoms with Crippen molar-refractivity contribution in [3.05, 3.63) is 0 Å². The molecule has 0 spiro atoms. The first-order valence-electron chi connectivity index (χ1n) is 4.75. The van der Waals surface area contributed by atoms with Gasteiger partial charge in [0.1, 0.15) is 0 Å². The number of nitrogens with zero attached hydrogens (tertiary/aromatic N) is 2. The van der Waals surface area contributed by atoms with Gasteiger partial charge in [0, 0.05) is 39.3 Å². The summed E-state index contributed by atoms with van der Waals surface area (Å²) in [6, 6.07) is 0. The van der Waals surface area contributed by atoms with E-state index in [1.807, 2.05) is 0 Å². The summed E-state index contributed by atoms with van der Waals surface area (Å²) in [7, 11) is -3.29. The first-order valence-corrected chi connectivity index (χ1v) is 6.14. The highest BCUT2D eigenvalue weighted by molar-refractivity contribution is 7.86. The highest BCUT2D eigenvalue weighted by atomic mass is 32.2. The van der Waals surface area contributed by atoms with E-state index in [9.17, 15) is 8.42 Å². The minimum atomic E-state index is -3.29. The van der Waals surface area contributed by atoms with E-state index in [0.29, 0.717) is 26.2 Å². The third kappa shape index (κ3) is 1.78. The quantitative estimate of drug-likeness (QED) is 0.556. The lowest BCUT2D eigenvalue weighted by Gasteiger charge is -2.39. The summed E-state index contributed by atoms with van der Waals surface area (Å²) in [6.07, 6.45) is -0.479. The number of β-amino-alcohol motifs (C(OH)–C–C–N with tert-alkyl or cyclic N) is 1. The van der Waals surface area contributed by atoms with Gasteiger partial charge in [0.05, 0.1) is 6.10 Å². The van der Waals surface area contributed by atoms with Crippen LogP contribution in [0.2, 0.25) is 0 Å². The predicted molar refractivity (Wildman–Crippen MR) is 50.9 cm³/mol. The van der Waals surface area contributed by atoms with Gasteiger partial charge in [0.25, 0.3) is 10.2 Å². The molecule has 2 aliphatic rings. The molecule has 2 fully saturated rings. The number of hydrogen-bond donors (Lipinski definition) is 2. The molecule has 0 saturated carbocycles. The van der Waals surface area contributed by atoms with Crippen molar-refractivity contribution in [2.45, 2.75) is 6.10 Å². The van der Waals surface area contributed by atoms with Crippen molar-refractivity contribution >= 4 is 10.2 Å². The van der Waals surface area contributed by atoms with Crippen LogP contribution in [0, 0.1) is 0 Å². The highest BCUT2D eigenvalue weighted by Gasteiger charge is 2.38. The molecule has 0 bridgehead atoms. The van der Waals surface area contributed by atoms with Crippen molar-refractivity contribution in [1.82, 2.24) is 13.9 Å². The summed E-state index contributed by atoms with van der Waals surface area (Å²) in [4.78, 5) is 0. The van der Waals surface area contributed by atoms with Crippen LogP contribution in [0.1, 0.15) is 0 Å². The van der Waals surface area contributed by atoms with E-state index in [-0.39, 0.29) is 13.1 Å². The van der Waals surface area contributed by atoms with E-state index in [1.165, 1.54) is 8.61 Å². The summed E-state index contributed by atoms with van der Waals surface area (Å²) in [5.74, 6) is 0. The second kappa shape index (κ2) is 3.74. The predicted octanol–water partition coefficient (Wildman–Crippen LogP) is -2.19. The Kier molecular flexibility index (Phi) is 2.76. The van der Waals surface area contributed by atoms with Gasteiger partial charge in [-0.3, -0.25) is 0 Å². The lowest BCUT2D eigenvalue weighted by molar-refractivity contribution is 0.0501. The Labute approximate surface area is 83.7 Å². The Hall–Kier alpha value is -0.210. The lowest BCUT2D eigenvalue weighted by atomic mass is 10.2. The third-order valence-corrected chi connectivity index (χ3v) is 4.53. The molecule has 2 N–H and O–H groups in total. The maximum atomic E-state index is 11.8. The van der Waals surface area contributed by atoms with E-state index in [4.69, 9.17) is 5.11 Å². The first-order chi connectivity index (χ1) is 6.60. The van der Waals surface area contributed by atoms with Crippen LogP contribution in [-0.2, 0) is 10.2 Å². The molecule has 2 saturated heterocycles. The summed E-state index contributed by atoms with van der Waals surface area (Å²) < 4.78 is 26.4. The molecular formula is C7H15N3O3S. The second-order valence-corrected chi connectivity index (χ2v) is 5.56. The average Bonchev–Trinajstić information content (AvgIpc) is 2.14. The Bertz CT molecular complexity index is 293. The Morgan fingerprint density at radius 3 is 2.21 bits per heavy atom. The number of hydrogen-bond acceptors (Lipinski definition) is 4. The van der Waals surface area contributed by atoms with Gasteiger partial charge in [0.15, 0.2) is 0 Å². The van der Waals surface area contributed by atoms with Gasteiger partial charge < -0.3 is 10.4 Å². The number of piperazine rings is 1. The fraction of sp³-hybridized carbons (Fsp3) is 1.00. The zero-order valence-corrected chi connectivity index (χ0v) is 8.70. The fourth-order valence-corrected chi connectivity index (χ4v) is 3.33. The van der Waals surface area contributed by atoms with Crippen LogP contribution in [-0.4, -0.2) is 67.5 Å². The van der Waals surface area contributed by atoms with Crippen LogP contribution >= 0.6 is 0 Å². The number of nitrogens with one attached hydrogen (secondary N) is 1. The van der Waals surface area contributed by atoms with Gasteiger partial charge in [-0.25, -0.2) is 0 Å². The van der Waals surface area contributed by atoms with E-state index in [0.717, 1.165) is 0 Å². The molecule has 0 unspecified atom stereocenters. The summed E-state index contributed by atoms with van der Waals surface area (Å²) in [5, 5.41) is 12.1. The lowest BCUT2D eigenvalue weighted by Crippen LogP contribution is -2.60. The van der Waals surface area contributed by atoms with Crippen molar-refractivity contribution in [2.75, 3.05) is 39.3 Å². The highest BCUT2D eigenvalue weighted by Crippen LogP contribution is 2.17. The Balaban J connectivity index is 2.00. The van der Waals surface area contributed by atoms with E-state index >= 15 is 0 Å². The average molecular weight is 221 g/mol. The van der Waals surface area contributed by atoms with Crippen LogP contribution in [0.3, 0.4) is 0 Å². The molecule has 0 aliphatic carbocycles. The molecule has 0 amide bonds. The standard InChI is InChI=1S/C7H15N3O3S/c11-7-5-10(6-7)14(12,13)9-3-1-8-2-4-9/h7-8,11H,1-6H2. The van der Waals surface area contributed by atoms with Gasteiger partial charge in [-0.2, -0.15) is 17.0 Å². The maximum absolute atomic E-state index is 11.8. The van der Waals surface area contributed by atoms with Crippen LogP contribution < -0.4 is 5.32 Å². The molecule has 0 aromatic heterocycles. The van der Waals surface area contributed by atoms with Crippen molar-refractivity contribution in [1.29, 1.82) is 0 Å². The Morgan fingerprint density at radius 1 is 1.14 bits per heavy atom. The van der Waals surface area contributed by atoms with Gasteiger partial charge in [-0.1, -0.05) is 0 Å². The van der Waals surface area contributed by atoms with Crippen LogP contribution in [0.4, 0.5) is 0 Å². The molecule has 7 heteroatoms. The normalized spacial score (nSPS) is 27.5. The largest absolute Gasteiger partial charge is 0.390 e. The van der Waals surface area contributed by atoms with Crippen LogP contribution in [0.5, 0.6) is 0 Å². The van der Waals surface area contributed by atoms with Crippen molar-refractivity contribution < 1.29 is 13.5 Å². The van der Waals surface area contributed by atoms with Crippen LogP contribution in [0.15, 0.2) is 0 Å². The molecule has 0 atom stereocenters. The minimum Gasteiger partial charge on any atom is -0.390 e. The van der Waals surface area contributed by atoms with Gasteiger partial charge in [-0.15, -0.1) is 0 Å². The van der Waals surface area contributed by atoms with Crippen molar-refractivity contribution in [3.8, 4) is 0 Å². The molecule has 0 radical (unpaired) electrons. The zero-order valence-electron chi connectivity index (χ0n) is 7.89. The van der Waals surface area contributed by atoms with E-state index < -0.39 is 16.3 Å². The SMILES string of the molecule is O=S(=O)(N1CCNCC1)N1CC(O)C1. The Morgan fingerprint density at radius 2 is 1.71 bits per heavy atom. The molecule has 2 rings (SSSR count). The van der Waals surface area contributed by atoms with Gasteiger partial charge >= 0.3 is 0 Å².